The third-order valence-electron chi connectivity index (χ3n) is 5.19. The Morgan fingerprint density at radius 1 is 1.26 bits per heavy atom. The van der Waals surface area contributed by atoms with Crippen molar-refractivity contribution in [3.8, 4) is 0 Å². The van der Waals surface area contributed by atoms with Gasteiger partial charge in [0.1, 0.15) is 11.3 Å². The zero-order chi connectivity index (χ0) is 18.8. The van der Waals surface area contributed by atoms with Crippen LogP contribution in [-0.2, 0) is 11.3 Å². The van der Waals surface area contributed by atoms with Gasteiger partial charge in [0.2, 0.25) is 0 Å². The summed E-state index contributed by atoms with van der Waals surface area (Å²) in [6, 6.07) is 11.7. The molecule has 4 rings (SSSR count). The van der Waals surface area contributed by atoms with Crippen molar-refractivity contribution in [1.82, 2.24) is 19.4 Å². The van der Waals surface area contributed by atoms with Gasteiger partial charge in [-0.15, -0.1) is 0 Å². The number of aromatic nitrogens is 3. The fourth-order valence-electron chi connectivity index (χ4n) is 3.72. The van der Waals surface area contributed by atoms with Gasteiger partial charge in [0, 0.05) is 44.4 Å². The van der Waals surface area contributed by atoms with Crippen molar-refractivity contribution in [3.63, 3.8) is 0 Å². The van der Waals surface area contributed by atoms with Gasteiger partial charge in [0.15, 0.2) is 5.65 Å². The highest BCUT2D eigenvalue weighted by Crippen LogP contribution is 2.30. The Morgan fingerprint density at radius 2 is 2.07 bits per heavy atom. The van der Waals surface area contributed by atoms with Gasteiger partial charge < -0.3 is 14.2 Å². The number of fused-ring (bicyclic) bond motifs is 1. The first-order valence-corrected chi connectivity index (χ1v) is 9.33. The van der Waals surface area contributed by atoms with Gasteiger partial charge in [0.05, 0.1) is 6.61 Å². The lowest BCUT2D eigenvalue weighted by Crippen LogP contribution is -2.28. The monoisotopic (exact) mass is 364 g/mol. The minimum Gasteiger partial charge on any atom is -0.383 e. The number of likely N-dealkylation sites (tertiary alicyclic amines) is 1. The molecule has 3 heterocycles. The fourth-order valence-corrected chi connectivity index (χ4v) is 3.72. The number of nitrogens with zero attached hydrogens (tertiary/aromatic N) is 4. The molecule has 27 heavy (non-hydrogen) atoms. The van der Waals surface area contributed by atoms with E-state index in [2.05, 4.69) is 9.55 Å². The molecule has 2 aromatic heterocycles. The van der Waals surface area contributed by atoms with Crippen LogP contribution < -0.4 is 0 Å². The van der Waals surface area contributed by atoms with E-state index in [4.69, 9.17) is 9.72 Å². The summed E-state index contributed by atoms with van der Waals surface area (Å²) in [5, 5.41) is 0. The number of rotatable bonds is 5. The van der Waals surface area contributed by atoms with Crippen LogP contribution in [-0.4, -0.2) is 52.1 Å². The quantitative estimate of drug-likeness (QED) is 0.698. The van der Waals surface area contributed by atoms with Gasteiger partial charge in [-0.05, 0) is 37.6 Å². The number of hydrogen-bond donors (Lipinski definition) is 0. The van der Waals surface area contributed by atoms with E-state index >= 15 is 0 Å². The molecule has 1 saturated heterocycles. The smallest absolute Gasteiger partial charge is 0.253 e. The van der Waals surface area contributed by atoms with Crippen molar-refractivity contribution < 1.29 is 9.53 Å². The molecule has 0 saturated carbocycles. The van der Waals surface area contributed by atoms with Crippen LogP contribution in [0.3, 0.4) is 0 Å². The van der Waals surface area contributed by atoms with E-state index in [9.17, 15) is 4.79 Å². The second-order valence-corrected chi connectivity index (χ2v) is 7.06. The molecular formula is C21H24N4O2. The standard InChI is InChI=1S/C21H24N4O2/c1-15-5-7-16(8-6-15)21(26)24-11-9-17(14-24)19-23-18-4-3-10-22-20(18)25(19)12-13-27-2/h3-8,10,17H,9,11-14H2,1-2H3. The van der Waals surface area contributed by atoms with Crippen molar-refractivity contribution in [3.05, 3.63) is 59.5 Å². The van der Waals surface area contributed by atoms with E-state index in [0.29, 0.717) is 19.7 Å². The second-order valence-electron chi connectivity index (χ2n) is 7.06. The average Bonchev–Trinajstić information content (AvgIpc) is 3.31. The lowest BCUT2D eigenvalue weighted by molar-refractivity contribution is 0.0790. The Morgan fingerprint density at radius 3 is 2.85 bits per heavy atom. The van der Waals surface area contributed by atoms with E-state index in [1.807, 2.05) is 48.2 Å². The van der Waals surface area contributed by atoms with Crippen LogP contribution in [0, 0.1) is 6.92 Å². The summed E-state index contributed by atoms with van der Waals surface area (Å²) in [6.07, 6.45) is 2.70. The van der Waals surface area contributed by atoms with Crippen molar-refractivity contribution in [2.45, 2.75) is 25.8 Å². The topological polar surface area (TPSA) is 60.2 Å². The number of pyridine rings is 1. The number of hydrogen-bond acceptors (Lipinski definition) is 4. The van der Waals surface area contributed by atoms with E-state index in [1.165, 1.54) is 0 Å². The largest absolute Gasteiger partial charge is 0.383 e. The second kappa shape index (κ2) is 7.48. The Kier molecular flexibility index (Phi) is 4.90. The van der Waals surface area contributed by atoms with Gasteiger partial charge in [-0.1, -0.05) is 17.7 Å². The molecule has 1 atom stereocenters. The van der Waals surface area contributed by atoms with Crippen LogP contribution in [0.15, 0.2) is 42.6 Å². The van der Waals surface area contributed by atoms with Crippen molar-refractivity contribution in [1.29, 1.82) is 0 Å². The molecule has 1 unspecified atom stereocenters. The van der Waals surface area contributed by atoms with Gasteiger partial charge in [-0.3, -0.25) is 4.79 Å². The van der Waals surface area contributed by atoms with E-state index in [1.54, 1.807) is 13.3 Å². The molecule has 0 bridgehead atoms. The number of carbonyl (C=O) groups excluding carboxylic acids is 1. The predicted octanol–water partition coefficient (Wildman–Crippen LogP) is 3.02. The van der Waals surface area contributed by atoms with Gasteiger partial charge in [-0.25, -0.2) is 9.97 Å². The third-order valence-corrected chi connectivity index (χ3v) is 5.19. The maximum Gasteiger partial charge on any atom is 0.253 e. The molecule has 1 aromatic carbocycles. The van der Waals surface area contributed by atoms with Gasteiger partial charge >= 0.3 is 0 Å². The molecule has 1 aliphatic heterocycles. The molecule has 0 spiro atoms. The van der Waals surface area contributed by atoms with E-state index in [-0.39, 0.29) is 11.8 Å². The molecule has 1 fully saturated rings. The van der Waals surface area contributed by atoms with Crippen LogP contribution in [0.4, 0.5) is 0 Å². The zero-order valence-electron chi connectivity index (χ0n) is 15.8. The lowest BCUT2D eigenvalue weighted by atomic mass is 10.1. The number of ether oxygens (including phenoxy) is 1. The number of carbonyl (C=O) groups is 1. The summed E-state index contributed by atoms with van der Waals surface area (Å²) < 4.78 is 7.41. The first-order chi connectivity index (χ1) is 13.2. The summed E-state index contributed by atoms with van der Waals surface area (Å²) in [5.41, 5.74) is 3.68. The average molecular weight is 364 g/mol. The van der Waals surface area contributed by atoms with Crippen LogP contribution in [0.5, 0.6) is 0 Å². The summed E-state index contributed by atoms with van der Waals surface area (Å²) in [5.74, 6) is 1.31. The van der Waals surface area contributed by atoms with E-state index in [0.717, 1.165) is 41.1 Å². The maximum atomic E-state index is 12.8. The lowest BCUT2D eigenvalue weighted by Gasteiger charge is -2.17. The first kappa shape index (κ1) is 17.7. The molecule has 3 aromatic rings. The highest BCUT2D eigenvalue weighted by Gasteiger charge is 2.31. The number of methoxy groups -OCH3 is 1. The zero-order valence-corrected chi connectivity index (χ0v) is 15.8. The first-order valence-electron chi connectivity index (χ1n) is 9.33. The van der Waals surface area contributed by atoms with Crippen molar-refractivity contribution in [2.24, 2.45) is 0 Å². The highest BCUT2D eigenvalue weighted by atomic mass is 16.5. The van der Waals surface area contributed by atoms with Crippen LogP contribution in [0.1, 0.15) is 34.1 Å². The minimum atomic E-state index is 0.0928. The summed E-state index contributed by atoms with van der Waals surface area (Å²) in [4.78, 5) is 24.1. The number of imidazole rings is 1. The van der Waals surface area contributed by atoms with Crippen molar-refractivity contribution >= 4 is 17.1 Å². The fraction of sp³-hybridized carbons (Fsp3) is 0.381. The normalized spacial score (nSPS) is 17.0. The molecule has 1 amide bonds. The van der Waals surface area contributed by atoms with Gasteiger partial charge in [-0.2, -0.15) is 0 Å². The molecule has 6 heteroatoms. The Balaban J connectivity index is 1.58. The molecule has 0 N–H and O–H groups in total. The van der Waals surface area contributed by atoms with Crippen LogP contribution >= 0.6 is 0 Å². The molecule has 6 nitrogen and oxygen atoms in total. The number of aryl methyl sites for hydroxylation is 1. The van der Waals surface area contributed by atoms with Crippen LogP contribution in [0.25, 0.3) is 11.2 Å². The molecule has 0 aliphatic carbocycles. The predicted molar refractivity (Wildman–Crippen MR) is 104 cm³/mol. The number of benzene rings is 1. The summed E-state index contributed by atoms with van der Waals surface area (Å²) in [7, 11) is 1.70. The Bertz CT molecular complexity index is 948. The van der Waals surface area contributed by atoms with Gasteiger partial charge in [0.25, 0.3) is 5.91 Å². The third kappa shape index (κ3) is 3.45. The van der Waals surface area contributed by atoms with Crippen molar-refractivity contribution in [2.75, 3.05) is 26.8 Å². The number of amides is 1. The molecule has 1 aliphatic rings. The Hall–Kier alpha value is -2.73. The molecule has 140 valence electrons. The van der Waals surface area contributed by atoms with E-state index < -0.39 is 0 Å². The summed E-state index contributed by atoms with van der Waals surface area (Å²) >= 11 is 0. The minimum absolute atomic E-state index is 0.0928. The molecular weight excluding hydrogens is 340 g/mol. The highest BCUT2D eigenvalue weighted by molar-refractivity contribution is 5.94. The molecule has 0 radical (unpaired) electrons. The van der Waals surface area contributed by atoms with Crippen LogP contribution in [0.2, 0.25) is 0 Å². The SMILES string of the molecule is COCCn1c(C2CCN(C(=O)c3ccc(C)cc3)C2)nc2cccnc21. The maximum absolute atomic E-state index is 12.8. The Labute approximate surface area is 158 Å². The summed E-state index contributed by atoms with van der Waals surface area (Å²) in [6.45, 7) is 4.77.